The number of imidazole rings is 1. The van der Waals surface area contributed by atoms with Crippen LogP contribution in [-0.2, 0) is 24.8 Å². The number of carbonyl (C=O) groups is 2. The summed E-state index contributed by atoms with van der Waals surface area (Å²) in [6.45, 7) is 4.14. The lowest BCUT2D eigenvalue weighted by Crippen LogP contribution is -2.28. The first-order valence-corrected chi connectivity index (χ1v) is 14.0. The van der Waals surface area contributed by atoms with Crippen LogP contribution in [0.5, 0.6) is 0 Å². The number of amides is 1. The van der Waals surface area contributed by atoms with Gasteiger partial charge in [-0.3, -0.25) is 9.59 Å². The number of aliphatic carboxylic acids is 1. The van der Waals surface area contributed by atoms with E-state index in [-0.39, 0.29) is 37.2 Å². The third-order valence-electron chi connectivity index (χ3n) is 7.23. The number of nitrogens with zero attached hydrogens (tertiary/aromatic N) is 3. The van der Waals surface area contributed by atoms with Crippen LogP contribution in [0.15, 0.2) is 67.0 Å². The number of carboxylic acid groups (broad SMARTS) is 1. The summed E-state index contributed by atoms with van der Waals surface area (Å²) in [6.07, 6.45) is 1.29. The predicted molar refractivity (Wildman–Crippen MR) is 157 cm³/mol. The second kappa shape index (κ2) is 13.6. The van der Waals surface area contributed by atoms with E-state index in [4.69, 9.17) is 5.11 Å². The Morgan fingerprint density at radius 3 is 2.24 bits per heavy atom. The smallest absolute Gasteiger partial charge is 0.305 e. The van der Waals surface area contributed by atoms with Crippen LogP contribution in [0.25, 0.3) is 22.3 Å². The zero-order chi connectivity index (χ0) is 30.4. The third kappa shape index (κ3) is 7.13. The van der Waals surface area contributed by atoms with Crippen LogP contribution in [0.3, 0.4) is 0 Å². The Morgan fingerprint density at radius 2 is 1.64 bits per heavy atom. The SMILES string of the molecule is CC(C)n1c(CC[C@@H](O)C[C@@H](O)CC(=O)O)c(-c2ccc(F)cc2)c(-c2ccccc2)c1C(=O)NCc1nccn1C. The number of carboxylic acids is 1. The standard InChI is InChI=1S/C32H37FN4O5/c1-20(2)37-26(14-13-24(38)17-25(39)18-28(40)41)29(22-9-11-23(33)12-10-22)30(21-7-5-4-6-8-21)31(37)32(42)35-19-27-34-15-16-36(27)3/h4-12,15-16,20,24-25,38-39H,13-14,17-19H2,1-3H3,(H,35,42)(H,40,41)/t24-,25-/m1/s1. The number of hydrogen-bond acceptors (Lipinski definition) is 5. The van der Waals surface area contributed by atoms with Gasteiger partial charge in [0.2, 0.25) is 0 Å². The van der Waals surface area contributed by atoms with E-state index in [1.807, 2.05) is 60.4 Å². The van der Waals surface area contributed by atoms with Crippen molar-refractivity contribution in [3.63, 3.8) is 0 Å². The lowest BCUT2D eigenvalue weighted by molar-refractivity contribution is -0.139. The summed E-state index contributed by atoms with van der Waals surface area (Å²) in [7, 11) is 1.85. The van der Waals surface area contributed by atoms with Crippen LogP contribution < -0.4 is 5.32 Å². The Morgan fingerprint density at radius 1 is 0.976 bits per heavy atom. The molecule has 0 saturated heterocycles. The van der Waals surface area contributed by atoms with Crippen molar-refractivity contribution in [1.82, 2.24) is 19.4 Å². The van der Waals surface area contributed by atoms with E-state index in [2.05, 4.69) is 10.3 Å². The molecule has 2 heterocycles. The molecule has 42 heavy (non-hydrogen) atoms. The molecule has 0 spiro atoms. The van der Waals surface area contributed by atoms with Gasteiger partial charge in [-0.15, -0.1) is 0 Å². The van der Waals surface area contributed by atoms with Gasteiger partial charge in [-0.05, 0) is 56.4 Å². The van der Waals surface area contributed by atoms with Crippen LogP contribution in [0, 0.1) is 5.82 Å². The molecule has 0 fully saturated rings. The molecule has 10 heteroatoms. The number of rotatable bonds is 13. The van der Waals surface area contributed by atoms with E-state index in [1.165, 1.54) is 12.1 Å². The summed E-state index contributed by atoms with van der Waals surface area (Å²) < 4.78 is 17.8. The third-order valence-corrected chi connectivity index (χ3v) is 7.23. The fourth-order valence-electron chi connectivity index (χ4n) is 5.32. The van der Waals surface area contributed by atoms with Crippen molar-refractivity contribution in [3.8, 4) is 22.3 Å². The van der Waals surface area contributed by atoms with E-state index >= 15 is 0 Å². The van der Waals surface area contributed by atoms with Crippen LogP contribution >= 0.6 is 0 Å². The predicted octanol–water partition coefficient (Wildman–Crippen LogP) is 4.72. The van der Waals surface area contributed by atoms with Gasteiger partial charge in [0.1, 0.15) is 17.3 Å². The highest BCUT2D eigenvalue weighted by atomic mass is 19.1. The topological polar surface area (TPSA) is 130 Å². The minimum absolute atomic E-state index is 0.0941. The number of nitrogens with one attached hydrogen (secondary N) is 1. The van der Waals surface area contributed by atoms with Crippen molar-refractivity contribution in [2.24, 2.45) is 7.05 Å². The summed E-state index contributed by atoms with van der Waals surface area (Å²) in [5.41, 5.74) is 4.14. The number of carbonyl (C=O) groups excluding carboxylic acids is 1. The number of halogens is 1. The largest absolute Gasteiger partial charge is 0.481 e. The number of aromatic nitrogens is 3. The van der Waals surface area contributed by atoms with Gasteiger partial charge >= 0.3 is 5.97 Å². The molecule has 2 atom stereocenters. The van der Waals surface area contributed by atoms with Crippen molar-refractivity contribution in [1.29, 1.82) is 0 Å². The van der Waals surface area contributed by atoms with E-state index in [0.29, 0.717) is 29.1 Å². The summed E-state index contributed by atoms with van der Waals surface area (Å²) in [5.74, 6) is -1.15. The van der Waals surface area contributed by atoms with Crippen molar-refractivity contribution in [2.75, 3.05) is 0 Å². The van der Waals surface area contributed by atoms with Crippen molar-refractivity contribution in [3.05, 3.63) is 90.0 Å². The zero-order valence-corrected chi connectivity index (χ0v) is 24.0. The molecule has 1 amide bonds. The lowest BCUT2D eigenvalue weighted by Gasteiger charge is -2.20. The zero-order valence-electron chi connectivity index (χ0n) is 24.0. The Balaban J connectivity index is 1.85. The Kier molecular flexibility index (Phi) is 9.92. The summed E-state index contributed by atoms with van der Waals surface area (Å²) in [6, 6.07) is 15.4. The number of hydrogen-bond donors (Lipinski definition) is 4. The highest BCUT2D eigenvalue weighted by Gasteiger charge is 2.30. The molecule has 0 aliphatic heterocycles. The molecule has 0 unspecified atom stereocenters. The molecule has 222 valence electrons. The van der Waals surface area contributed by atoms with Crippen LogP contribution in [-0.4, -0.2) is 53.5 Å². The first-order valence-electron chi connectivity index (χ1n) is 14.0. The quantitative estimate of drug-likeness (QED) is 0.182. The lowest BCUT2D eigenvalue weighted by atomic mass is 9.92. The van der Waals surface area contributed by atoms with E-state index in [1.54, 1.807) is 24.5 Å². The second-order valence-corrected chi connectivity index (χ2v) is 10.7. The van der Waals surface area contributed by atoms with Crippen LogP contribution in [0.1, 0.15) is 61.2 Å². The number of benzene rings is 2. The van der Waals surface area contributed by atoms with E-state index in [9.17, 15) is 24.2 Å². The normalized spacial score (nSPS) is 12.8. The molecule has 0 radical (unpaired) electrons. The Labute approximate surface area is 244 Å². The first kappa shape index (κ1) is 30.7. The van der Waals surface area contributed by atoms with Crippen LogP contribution in [0.4, 0.5) is 4.39 Å². The Bertz CT molecular complexity index is 1510. The molecule has 2 aromatic carbocycles. The van der Waals surface area contributed by atoms with Crippen molar-refractivity contribution < 1.29 is 29.3 Å². The minimum Gasteiger partial charge on any atom is -0.481 e. The average molecular weight is 577 g/mol. The van der Waals surface area contributed by atoms with E-state index in [0.717, 1.165) is 16.8 Å². The van der Waals surface area contributed by atoms with Gasteiger partial charge in [0.05, 0.1) is 25.2 Å². The fraction of sp³-hybridized carbons (Fsp3) is 0.344. The molecule has 4 N–H and O–H groups in total. The molecular weight excluding hydrogens is 539 g/mol. The first-order chi connectivity index (χ1) is 20.1. The molecule has 0 aliphatic rings. The van der Waals surface area contributed by atoms with Gasteiger partial charge in [-0.2, -0.15) is 0 Å². The molecule has 0 aliphatic carbocycles. The van der Waals surface area contributed by atoms with Gasteiger partial charge < -0.3 is 29.8 Å². The summed E-state index contributed by atoms with van der Waals surface area (Å²) >= 11 is 0. The monoisotopic (exact) mass is 576 g/mol. The summed E-state index contributed by atoms with van der Waals surface area (Å²) in [4.78, 5) is 29.3. The maximum absolute atomic E-state index is 14.0. The van der Waals surface area contributed by atoms with Gasteiger partial charge in [-0.1, -0.05) is 42.5 Å². The van der Waals surface area contributed by atoms with Gasteiger partial charge in [0, 0.05) is 42.3 Å². The minimum atomic E-state index is -1.18. The molecule has 4 rings (SSSR count). The van der Waals surface area contributed by atoms with Crippen molar-refractivity contribution in [2.45, 2.75) is 64.3 Å². The molecule has 4 aromatic rings. The highest BCUT2D eigenvalue weighted by Crippen LogP contribution is 2.42. The molecular formula is C32H37FN4O5. The molecule has 2 aromatic heterocycles. The Hall–Kier alpha value is -4.28. The number of aryl methyl sites for hydroxylation is 1. The van der Waals surface area contributed by atoms with Gasteiger partial charge in [0.25, 0.3) is 5.91 Å². The highest BCUT2D eigenvalue weighted by molar-refractivity contribution is 6.05. The maximum Gasteiger partial charge on any atom is 0.305 e. The second-order valence-electron chi connectivity index (χ2n) is 10.7. The van der Waals surface area contributed by atoms with Crippen LogP contribution in [0.2, 0.25) is 0 Å². The van der Waals surface area contributed by atoms with Gasteiger partial charge in [0.15, 0.2) is 0 Å². The maximum atomic E-state index is 14.0. The molecule has 0 saturated carbocycles. The summed E-state index contributed by atoms with van der Waals surface area (Å²) in [5, 5.41) is 32.8. The fourth-order valence-corrected chi connectivity index (χ4v) is 5.32. The molecule has 9 nitrogen and oxygen atoms in total. The van der Waals surface area contributed by atoms with Gasteiger partial charge in [-0.25, -0.2) is 9.37 Å². The van der Waals surface area contributed by atoms with Crippen molar-refractivity contribution >= 4 is 11.9 Å². The molecule has 0 bridgehead atoms. The average Bonchev–Trinajstić information content (AvgIpc) is 3.51. The number of aliphatic hydroxyl groups excluding tert-OH is 2. The number of aliphatic hydroxyl groups is 2. The van der Waals surface area contributed by atoms with E-state index < -0.39 is 24.6 Å².